The number of rotatable bonds is 28. The van der Waals surface area contributed by atoms with E-state index in [2.05, 4.69) is 13.8 Å². The van der Waals surface area contributed by atoms with Crippen molar-refractivity contribution < 1.29 is 144 Å². The lowest BCUT2D eigenvalue weighted by Crippen LogP contribution is -2.61. The summed E-state index contributed by atoms with van der Waals surface area (Å²) in [5.74, 6) is -0.409. The molecule has 0 aromatic carbocycles. The maximum atomic E-state index is 12.4. The van der Waals surface area contributed by atoms with Crippen molar-refractivity contribution in [2.75, 3.05) is 52.9 Å². The molecule has 17 rings (SSSR count). The Morgan fingerprint density at radius 2 is 0.711 bits per heavy atom. The van der Waals surface area contributed by atoms with Gasteiger partial charge in [-0.1, -0.05) is 55.4 Å². The van der Waals surface area contributed by atoms with Crippen molar-refractivity contribution in [1.82, 2.24) is 0 Å². The molecule has 0 amide bonds. The van der Waals surface area contributed by atoms with Crippen molar-refractivity contribution >= 4 is 71.6 Å². The summed E-state index contributed by atoms with van der Waals surface area (Å²) in [5, 5.41) is 21.4. The maximum absolute atomic E-state index is 12.4. The van der Waals surface area contributed by atoms with E-state index >= 15 is 0 Å². The average molecular weight is 2010 g/mol. The number of carbonyl (C=O) groups is 12. The van der Waals surface area contributed by atoms with Crippen molar-refractivity contribution in [2.24, 2.45) is 96.1 Å². The topological polar surface area (TPSA) is 393 Å². The zero-order valence-corrected chi connectivity index (χ0v) is 93.1. The summed E-state index contributed by atoms with van der Waals surface area (Å²) in [4.78, 5) is 140. The first-order valence-electron chi connectivity index (χ1n) is 53.9. The molecule has 5 heterocycles. The van der Waals surface area contributed by atoms with Gasteiger partial charge in [0.25, 0.3) is 0 Å². The molecule has 17 fully saturated rings. The molecule has 17 aliphatic rings. The number of fused-ring (bicyclic) bond motifs is 5. The smallest absolute Gasteiger partial charge is 0.347 e. The first-order chi connectivity index (χ1) is 65.5. The number of hydrogen-bond acceptors (Lipinski definition) is 30. The van der Waals surface area contributed by atoms with Crippen LogP contribution >= 0.6 is 0 Å². The van der Waals surface area contributed by atoms with Gasteiger partial charge in [0.1, 0.15) is 35.1 Å². The molecule has 13 unspecified atom stereocenters. The lowest BCUT2D eigenvalue weighted by atomic mass is 9.48. The normalized spacial score (nSPS) is 30.8. The minimum absolute atomic E-state index is 0.000856. The Kier molecular flexibility index (Phi) is 42.4. The standard InChI is InChI=1S/C19H30O5.C16H26O3.C15H22O4.2C12H22O2.C10H18O4.2C10H16O4.C8H16O2/c1-4-17(2,3)16(21)23-10-15(20)24-12-18-6-13-5-14(7-18)9-19(22,8-13)11-18;1-4-14(2,3)13(17)19-16-8-11-5-12(9-16)7-15(18,6-11)10-16;1-4-15(2,3)14(17)19-11-6-8-5-9(11)10-7-18-13(16)12(8)10;2*1-5-11(2,3)10(13)14-12(4)8-6-7-9-12;1-9(2)11-5-7(13-9)8-6-12-10(3,4)14-8;2*1-4-10(2,3)9(12)14-7-5-6-13-8(7)11;1-5-8(3,4)7(9)10-6-2/h13-14,22H,4-12H2,1-3H3;11-12,18H,4-10H2,1-3H3;8-12H,4-7H2,1-3H3;2*5-9H2,1-4H3;7-8H,5-6H2,1-4H3;2*7H,4-6H2,1-3H3;5-6H2,1-4H3. The van der Waals surface area contributed by atoms with E-state index in [1.807, 2.05) is 159 Å². The third-order valence-electron chi connectivity index (χ3n) is 33.9. The molecule has 30 heteroatoms. The Labute approximate surface area is 850 Å². The fraction of sp³-hybridized carbons (Fsp3) is 0.893. The predicted octanol–water partition coefficient (Wildman–Crippen LogP) is 20.5. The highest BCUT2D eigenvalue weighted by Crippen LogP contribution is 2.63. The molecule has 142 heavy (non-hydrogen) atoms. The number of hydrogen-bond donors (Lipinski definition) is 2. The number of carbonyl (C=O) groups excluding carboxylic acids is 12. The van der Waals surface area contributed by atoms with Gasteiger partial charge < -0.3 is 86.0 Å². The first-order valence-corrected chi connectivity index (χ1v) is 53.9. The van der Waals surface area contributed by atoms with Crippen LogP contribution < -0.4 is 0 Å². The van der Waals surface area contributed by atoms with E-state index in [-0.39, 0.29) is 129 Å². The van der Waals surface area contributed by atoms with Gasteiger partial charge in [-0.25, -0.2) is 14.4 Å². The number of aliphatic hydroxyl groups is 2. The van der Waals surface area contributed by atoms with E-state index in [1.54, 1.807) is 41.5 Å². The van der Waals surface area contributed by atoms with Crippen molar-refractivity contribution in [3.8, 4) is 0 Å². The second-order valence-corrected chi connectivity index (χ2v) is 50.5. The minimum Gasteiger partial charge on any atom is -0.466 e. The van der Waals surface area contributed by atoms with E-state index in [9.17, 15) is 67.7 Å². The van der Waals surface area contributed by atoms with Crippen LogP contribution in [0.4, 0.5) is 0 Å². The monoisotopic (exact) mass is 2010 g/mol. The highest BCUT2D eigenvalue weighted by molar-refractivity contribution is 5.84. The molecule has 2 N–H and O–H groups in total. The fourth-order valence-corrected chi connectivity index (χ4v) is 21.7. The molecular formula is C112H188O30. The van der Waals surface area contributed by atoms with Crippen molar-refractivity contribution in [3.63, 3.8) is 0 Å². The molecule has 0 aromatic rings. The Morgan fingerprint density at radius 3 is 1.05 bits per heavy atom. The molecule has 30 nitrogen and oxygen atoms in total. The summed E-state index contributed by atoms with van der Waals surface area (Å²) in [6, 6.07) is 0. The Bertz CT molecular complexity index is 4070. The van der Waals surface area contributed by atoms with Gasteiger partial charge in [-0.3, -0.25) is 43.2 Å². The van der Waals surface area contributed by atoms with Crippen molar-refractivity contribution in [2.45, 2.75) is 490 Å². The van der Waals surface area contributed by atoms with Gasteiger partial charge in [0.05, 0.1) is 107 Å². The summed E-state index contributed by atoms with van der Waals surface area (Å²) in [6.45, 7) is 62.4. The Balaban J connectivity index is 0.000000219. The van der Waals surface area contributed by atoms with Crippen molar-refractivity contribution in [1.29, 1.82) is 0 Å². The number of ether oxygens (including phenoxy) is 16. The molecule has 12 saturated carbocycles. The quantitative estimate of drug-likeness (QED) is 0.0542. The summed E-state index contributed by atoms with van der Waals surface area (Å²) >= 11 is 0. The molecule has 5 aliphatic heterocycles. The third kappa shape index (κ3) is 33.7. The molecule has 5 saturated heterocycles. The lowest BCUT2D eigenvalue weighted by molar-refractivity contribution is -0.225. The van der Waals surface area contributed by atoms with E-state index in [0.717, 1.165) is 128 Å². The SMILES string of the molecule is CC1(C)OCC(C2COC(C)(C)O2)O1.CCC(C)(C)C(=O)OC1(C)CCCC1.CCC(C)(C)C(=O)OC1(C)CCCC1.CCC(C)(C)C(=O)OC12CC3CC(CC(O)(C3)C1)C2.CCC(C)(C)C(=O)OC1CC2CC1C1COC(=O)C21.CCC(C)(C)C(=O)OC1CCOC1=O.CCC(C)(C)C(=O)OC1CCOC1=O.CCC(C)(C)C(=O)OCC(=O)OCC12CC3CC(CC(O)(C3)C1)C2.CCOC(=O)C(C)(C)CC. The zero-order chi connectivity index (χ0) is 107. The highest BCUT2D eigenvalue weighted by Gasteiger charge is 2.63. The molecule has 13 atom stereocenters. The van der Waals surface area contributed by atoms with E-state index in [4.69, 9.17) is 75.8 Å². The molecule has 10 bridgehead atoms. The van der Waals surface area contributed by atoms with Crippen LogP contribution in [0.15, 0.2) is 0 Å². The Morgan fingerprint density at radius 1 is 0.366 bits per heavy atom. The molecule has 0 aromatic heterocycles. The van der Waals surface area contributed by atoms with Crippen molar-refractivity contribution in [3.05, 3.63) is 0 Å². The van der Waals surface area contributed by atoms with Gasteiger partial charge >= 0.3 is 71.6 Å². The number of esters is 12. The van der Waals surface area contributed by atoms with Gasteiger partial charge in [-0.15, -0.1) is 0 Å². The van der Waals surface area contributed by atoms with Crippen LogP contribution in [-0.2, 0) is 133 Å². The summed E-state index contributed by atoms with van der Waals surface area (Å²) in [5.41, 5.74) is -5.30. The summed E-state index contributed by atoms with van der Waals surface area (Å²) in [6.07, 6.45) is 27.9. The van der Waals surface area contributed by atoms with Gasteiger partial charge in [0, 0.05) is 36.5 Å². The fourth-order valence-electron chi connectivity index (χ4n) is 21.7. The molecule has 0 spiro atoms. The largest absolute Gasteiger partial charge is 0.466 e. The number of cyclic esters (lactones) is 3. The molecule has 12 aliphatic carbocycles. The van der Waals surface area contributed by atoms with Crippen LogP contribution in [0.3, 0.4) is 0 Å². The maximum Gasteiger partial charge on any atom is 0.347 e. The third-order valence-corrected chi connectivity index (χ3v) is 33.9. The summed E-state index contributed by atoms with van der Waals surface area (Å²) in [7, 11) is 0. The average Bonchev–Trinajstić information content (AvgIpc) is 1.00. The van der Waals surface area contributed by atoms with Crippen LogP contribution in [0.2, 0.25) is 0 Å². The van der Waals surface area contributed by atoms with Gasteiger partial charge in [0.15, 0.2) is 18.2 Å². The van der Waals surface area contributed by atoms with E-state index in [1.165, 1.54) is 38.5 Å². The molecular weight excluding hydrogens is 1830 g/mol. The lowest BCUT2D eigenvalue weighted by Gasteiger charge is -2.59. The predicted molar refractivity (Wildman–Crippen MR) is 532 cm³/mol. The van der Waals surface area contributed by atoms with Gasteiger partial charge in [0.2, 0.25) is 12.2 Å². The van der Waals surface area contributed by atoms with Crippen LogP contribution in [-0.4, -0.2) is 205 Å². The van der Waals surface area contributed by atoms with Gasteiger partial charge in [-0.2, -0.15) is 0 Å². The minimum atomic E-state index is -0.687. The van der Waals surface area contributed by atoms with Crippen LogP contribution in [0, 0.1) is 96.1 Å². The van der Waals surface area contributed by atoms with E-state index < -0.39 is 80.0 Å². The van der Waals surface area contributed by atoms with Crippen LogP contribution in [0.1, 0.15) is 420 Å². The zero-order valence-electron chi connectivity index (χ0n) is 93.1. The second kappa shape index (κ2) is 49.2. The Hall–Kier alpha value is -6.60. The molecule has 816 valence electrons. The van der Waals surface area contributed by atoms with Gasteiger partial charge in [-0.05, 0) is 375 Å². The molecule has 0 radical (unpaired) electrons. The van der Waals surface area contributed by atoms with Crippen LogP contribution in [0.25, 0.3) is 0 Å². The van der Waals surface area contributed by atoms with E-state index in [0.29, 0.717) is 120 Å². The first kappa shape index (κ1) is 122. The highest BCUT2D eigenvalue weighted by atomic mass is 16.8. The second-order valence-electron chi connectivity index (χ2n) is 50.5. The van der Waals surface area contributed by atoms with Crippen LogP contribution in [0.5, 0.6) is 0 Å². The summed E-state index contributed by atoms with van der Waals surface area (Å²) < 4.78 is 85.4.